The zero-order chi connectivity index (χ0) is 17.9. The molecule has 24 heavy (non-hydrogen) atoms. The molecular formula is C12H9N5O6S. The molecule has 1 aromatic carbocycles. The number of nitro benzene ring substituents is 2. The lowest BCUT2D eigenvalue weighted by Gasteiger charge is -2.01. The first-order valence-corrected chi connectivity index (χ1v) is 7.08. The number of aryl methyl sites for hydroxylation is 1. The van der Waals surface area contributed by atoms with Gasteiger partial charge in [-0.3, -0.25) is 35.8 Å². The summed E-state index contributed by atoms with van der Waals surface area (Å²) >= 11 is 1.14. The van der Waals surface area contributed by atoms with Crippen LogP contribution in [0.4, 0.5) is 22.7 Å². The van der Waals surface area contributed by atoms with Crippen LogP contribution >= 0.6 is 11.3 Å². The lowest BCUT2D eigenvalue weighted by atomic mass is 10.2. The minimum Gasteiger partial charge on any atom is -0.272 e. The Morgan fingerprint density at radius 1 is 1.04 bits per heavy atom. The van der Waals surface area contributed by atoms with E-state index in [9.17, 15) is 30.3 Å². The van der Waals surface area contributed by atoms with Gasteiger partial charge in [0, 0.05) is 12.1 Å². The fraction of sp³-hybridized carbons (Fsp3) is 0.0833. The molecule has 2 rings (SSSR count). The number of nitrogens with zero attached hydrogens (tertiary/aromatic N) is 4. The first-order chi connectivity index (χ1) is 11.3. The molecule has 124 valence electrons. The summed E-state index contributed by atoms with van der Waals surface area (Å²) < 4.78 is 0. The van der Waals surface area contributed by atoms with Crippen molar-refractivity contribution in [3.8, 4) is 0 Å². The summed E-state index contributed by atoms with van der Waals surface area (Å²) in [6.07, 6.45) is 1.27. The Kier molecular flexibility index (Phi) is 4.79. The van der Waals surface area contributed by atoms with Gasteiger partial charge in [0.05, 0.1) is 36.8 Å². The van der Waals surface area contributed by atoms with E-state index in [2.05, 4.69) is 10.5 Å². The second-order valence-corrected chi connectivity index (χ2v) is 5.72. The maximum atomic E-state index is 11.0. The summed E-state index contributed by atoms with van der Waals surface area (Å²) in [6, 6.07) is 4.41. The SMILES string of the molecule is Cc1sc(/C=N/Nc2ccc([N+](=O)[O-])cc2[N+](=O)[O-])cc1[N+](=O)[O-]. The van der Waals surface area contributed by atoms with Gasteiger partial charge in [-0.05, 0) is 13.0 Å². The van der Waals surface area contributed by atoms with E-state index >= 15 is 0 Å². The molecule has 0 unspecified atom stereocenters. The number of nitrogens with one attached hydrogen (secondary N) is 1. The molecule has 1 heterocycles. The molecule has 0 amide bonds. The molecule has 12 heteroatoms. The number of hydrazone groups is 1. The van der Waals surface area contributed by atoms with Crippen LogP contribution in [0.2, 0.25) is 0 Å². The average molecular weight is 351 g/mol. The van der Waals surface area contributed by atoms with Crippen LogP contribution in [-0.2, 0) is 0 Å². The van der Waals surface area contributed by atoms with E-state index in [0.717, 1.165) is 29.5 Å². The van der Waals surface area contributed by atoms with Crippen molar-refractivity contribution in [2.45, 2.75) is 6.92 Å². The van der Waals surface area contributed by atoms with Crippen LogP contribution in [0.1, 0.15) is 9.75 Å². The Morgan fingerprint density at radius 3 is 2.25 bits per heavy atom. The van der Waals surface area contributed by atoms with E-state index in [0.29, 0.717) is 9.75 Å². The monoisotopic (exact) mass is 351 g/mol. The van der Waals surface area contributed by atoms with Crippen molar-refractivity contribution in [2.24, 2.45) is 5.10 Å². The number of anilines is 1. The Hall–Kier alpha value is -3.41. The first-order valence-electron chi connectivity index (χ1n) is 6.26. The van der Waals surface area contributed by atoms with Crippen molar-refractivity contribution >= 4 is 40.3 Å². The van der Waals surface area contributed by atoms with Crippen LogP contribution in [0.5, 0.6) is 0 Å². The number of benzene rings is 1. The molecule has 0 saturated carbocycles. The maximum Gasteiger partial charge on any atom is 0.301 e. The summed E-state index contributed by atoms with van der Waals surface area (Å²) in [6.45, 7) is 1.59. The van der Waals surface area contributed by atoms with Crippen LogP contribution in [0.15, 0.2) is 29.4 Å². The van der Waals surface area contributed by atoms with Gasteiger partial charge in [-0.15, -0.1) is 11.3 Å². The lowest BCUT2D eigenvalue weighted by Crippen LogP contribution is -1.98. The Bertz CT molecular complexity index is 862. The number of hydrogen-bond acceptors (Lipinski definition) is 9. The topological polar surface area (TPSA) is 154 Å². The molecule has 0 fully saturated rings. The van der Waals surface area contributed by atoms with E-state index in [1.807, 2.05) is 0 Å². The highest BCUT2D eigenvalue weighted by Crippen LogP contribution is 2.29. The summed E-state index contributed by atoms with van der Waals surface area (Å²) in [5, 5.41) is 36.2. The third-order valence-electron chi connectivity index (χ3n) is 2.87. The zero-order valence-electron chi connectivity index (χ0n) is 12.0. The predicted molar refractivity (Wildman–Crippen MR) is 86.7 cm³/mol. The third kappa shape index (κ3) is 3.67. The Morgan fingerprint density at radius 2 is 1.71 bits per heavy atom. The van der Waals surface area contributed by atoms with E-state index in [-0.39, 0.29) is 11.4 Å². The molecule has 0 bridgehead atoms. The van der Waals surface area contributed by atoms with Crippen molar-refractivity contribution in [3.05, 3.63) is 64.4 Å². The molecule has 0 saturated heterocycles. The highest BCUT2D eigenvalue weighted by Gasteiger charge is 2.19. The fourth-order valence-electron chi connectivity index (χ4n) is 1.78. The molecule has 11 nitrogen and oxygen atoms in total. The number of thiophene rings is 1. The van der Waals surface area contributed by atoms with Gasteiger partial charge in [0.25, 0.3) is 11.4 Å². The van der Waals surface area contributed by atoms with E-state index < -0.39 is 26.1 Å². The Labute approximate surface area is 137 Å². The second kappa shape index (κ2) is 6.78. The molecule has 0 radical (unpaired) electrons. The van der Waals surface area contributed by atoms with E-state index in [1.165, 1.54) is 12.3 Å². The van der Waals surface area contributed by atoms with Crippen LogP contribution in [0.25, 0.3) is 0 Å². The van der Waals surface area contributed by atoms with Crippen molar-refractivity contribution in [2.75, 3.05) is 5.43 Å². The number of non-ortho nitro benzene ring substituents is 1. The van der Waals surface area contributed by atoms with Gasteiger partial charge in [-0.25, -0.2) is 0 Å². The van der Waals surface area contributed by atoms with Gasteiger partial charge < -0.3 is 0 Å². The molecule has 2 aromatic rings. The van der Waals surface area contributed by atoms with Crippen molar-refractivity contribution in [1.29, 1.82) is 0 Å². The molecule has 1 aromatic heterocycles. The molecule has 1 N–H and O–H groups in total. The van der Waals surface area contributed by atoms with Crippen LogP contribution in [0.3, 0.4) is 0 Å². The third-order valence-corrected chi connectivity index (χ3v) is 3.85. The quantitative estimate of drug-likeness (QED) is 0.476. The van der Waals surface area contributed by atoms with Gasteiger partial charge in [0.2, 0.25) is 0 Å². The molecule has 0 aliphatic carbocycles. The summed E-state index contributed by atoms with van der Waals surface area (Å²) in [5.74, 6) is 0. The standard InChI is InChI=1S/C12H9N5O6S/c1-7-11(16(20)21)5-9(24-7)6-13-14-10-3-2-8(15(18)19)4-12(10)17(22)23/h2-6,14H,1H3/b13-6+. The summed E-state index contributed by atoms with van der Waals surface area (Å²) in [4.78, 5) is 31.3. The van der Waals surface area contributed by atoms with Crippen molar-refractivity contribution in [1.82, 2.24) is 0 Å². The summed E-state index contributed by atoms with van der Waals surface area (Å²) in [5.41, 5.74) is 1.41. The number of nitro groups is 3. The number of hydrogen-bond donors (Lipinski definition) is 1. The normalized spacial score (nSPS) is 10.7. The van der Waals surface area contributed by atoms with Gasteiger partial charge in [0.1, 0.15) is 5.69 Å². The van der Waals surface area contributed by atoms with Gasteiger partial charge in [-0.1, -0.05) is 0 Å². The lowest BCUT2D eigenvalue weighted by molar-refractivity contribution is -0.393. The zero-order valence-corrected chi connectivity index (χ0v) is 12.8. The molecule has 0 aliphatic heterocycles. The fourth-order valence-corrected chi connectivity index (χ4v) is 2.65. The molecule has 0 aliphatic rings. The van der Waals surface area contributed by atoms with Crippen LogP contribution in [-0.4, -0.2) is 21.0 Å². The minimum absolute atomic E-state index is 0.0374. The minimum atomic E-state index is -0.773. The largest absolute Gasteiger partial charge is 0.301 e. The predicted octanol–water partition coefficient (Wildman–Crippen LogP) is 3.23. The van der Waals surface area contributed by atoms with Crippen LogP contribution in [0, 0.1) is 37.3 Å². The molecule has 0 spiro atoms. The first kappa shape index (κ1) is 17.0. The van der Waals surface area contributed by atoms with Gasteiger partial charge in [0.15, 0.2) is 0 Å². The van der Waals surface area contributed by atoms with E-state index in [1.54, 1.807) is 6.92 Å². The van der Waals surface area contributed by atoms with Crippen molar-refractivity contribution in [3.63, 3.8) is 0 Å². The Balaban J connectivity index is 2.22. The smallest absolute Gasteiger partial charge is 0.272 e. The van der Waals surface area contributed by atoms with Crippen LogP contribution < -0.4 is 5.43 Å². The number of rotatable bonds is 6. The highest BCUT2D eigenvalue weighted by atomic mass is 32.1. The van der Waals surface area contributed by atoms with Crippen molar-refractivity contribution < 1.29 is 14.8 Å². The highest BCUT2D eigenvalue weighted by molar-refractivity contribution is 7.14. The second-order valence-electron chi connectivity index (χ2n) is 4.43. The van der Waals surface area contributed by atoms with Gasteiger partial charge >= 0.3 is 5.69 Å². The van der Waals surface area contributed by atoms with E-state index in [4.69, 9.17) is 0 Å². The molecule has 0 atom stereocenters. The maximum absolute atomic E-state index is 11.0. The average Bonchev–Trinajstić information content (AvgIpc) is 2.88. The molecular weight excluding hydrogens is 342 g/mol. The van der Waals surface area contributed by atoms with Gasteiger partial charge in [-0.2, -0.15) is 5.10 Å². The summed E-state index contributed by atoms with van der Waals surface area (Å²) in [7, 11) is 0.